The van der Waals surface area contributed by atoms with Gasteiger partial charge in [0.15, 0.2) is 23.1 Å². The highest BCUT2D eigenvalue weighted by atomic mass is 35.5. The Bertz CT molecular complexity index is 4510. The van der Waals surface area contributed by atoms with Gasteiger partial charge in [-0.15, -0.1) is 0 Å². The molecule has 0 saturated carbocycles. The number of aliphatic hydroxyl groups is 1. The fourth-order valence-corrected chi connectivity index (χ4v) is 14.7. The number of carbonyl (C=O) groups is 15. The number of unbranched alkanes of at least 4 members (excludes halogenated alkanes) is 2. The van der Waals surface area contributed by atoms with Crippen LogP contribution in [-0.2, 0) is 94.4 Å². The lowest BCUT2D eigenvalue weighted by atomic mass is 9.87. The van der Waals surface area contributed by atoms with Crippen LogP contribution in [0.5, 0.6) is 0 Å². The number of Topliss-reactive ketones (excluding diaryl/α,β-unsaturated/α-hetero) is 4. The van der Waals surface area contributed by atoms with E-state index in [1.165, 1.54) is 67.5 Å². The summed E-state index contributed by atoms with van der Waals surface area (Å²) >= 11 is 6.30. The van der Waals surface area contributed by atoms with Gasteiger partial charge >= 0.3 is 12.1 Å². The zero-order valence-electron chi connectivity index (χ0n) is 68.9. The number of hydrogen-bond donors (Lipinski definition) is 12. The lowest BCUT2D eigenvalue weighted by Gasteiger charge is -2.30. The number of amides is 13. The molecular formula is C89H114ClN13O16. The van der Waals surface area contributed by atoms with Crippen molar-refractivity contribution < 1.29 is 77.0 Å². The molecule has 5 aromatic carbocycles. The van der Waals surface area contributed by atoms with E-state index < -0.39 is 180 Å². The Hall–Kier alpha value is -11.6. The van der Waals surface area contributed by atoms with E-state index in [0.29, 0.717) is 58.1 Å². The summed E-state index contributed by atoms with van der Waals surface area (Å²) in [5.41, 5.74) is 14.1. The number of halogens is 1. The van der Waals surface area contributed by atoms with Crippen molar-refractivity contribution in [1.29, 1.82) is 0 Å². The van der Waals surface area contributed by atoms with E-state index >= 15 is 28.8 Å². The topological polar surface area (TPSA) is 453 Å². The van der Waals surface area contributed by atoms with E-state index in [-0.39, 0.29) is 75.9 Å². The smallest absolute Gasteiger partial charge is 0.322 e. The number of ketones is 4. The van der Waals surface area contributed by atoms with Gasteiger partial charge in [-0.2, -0.15) is 0 Å². The number of primary amides is 2. The van der Waals surface area contributed by atoms with Crippen LogP contribution in [0.15, 0.2) is 140 Å². The maximum atomic E-state index is 15.6. The van der Waals surface area contributed by atoms with Crippen LogP contribution >= 0.6 is 11.6 Å². The van der Waals surface area contributed by atoms with E-state index in [0.717, 1.165) is 35.6 Å². The first kappa shape index (κ1) is 94.6. The van der Waals surface area contributed by atoms with Gasteiger partial charge in [-0.3, -0.25) is 72.6 Å². The SMILES string of the molecule is CC.CC(=O)N[C@H](Cc1ccc2ccccc2c1)C(=O)C[C@H](Cc1ccc(Cl)cc1)C(=O)N[C@H](Cc1cccnc1)C(=O)C[C@@H](CO)C(=O)N[C@@H](Cc1ccc(NC(=O)[C@H]2CC(=O)NC(=O)N2)cc1)C(=O)C[C@H](Cc1ccc(NC(N)=O)cc1)C(=O)N[C@@H](CC(C)C)C(=O)C[C@@H](CCCCCC(C)C)C(=O)N1CCC[C@H]1C(=O)N[C@H](C)C(N)=O. The molecular weight excluding hydrogens is 1540 g/mol. The molecule has 638 valence electrons. The van der Waals surface area contributed by atoms with Gasteiger partial charge in [0.2, 0.25) is 53.2 Å². The third-order valence-corrected chi connectivity index (χ3v) is 21.2. The van der Waals surface area contributed by atoms with E-state index in [2.05, 4.69) is 66.7 Å². The molecule has 0 spiro atoms. The zero-order valence-corrected chi connectivity index (χ0v) is 69.7. The number of imide groups is 1. The predicted octanol–water partition coefficient (Wildman–Crippen LogP) is 8.34. The number of nitrogens with zero attached hydrogens (tertiary/aromatic N) is 2. The molecule has 0 unspecified atom stereocenters. The molecule has 0 radical (unpaired) electrons. The molecule has 11 atom stereocenters. The van der Waals surface area contributed by atoms with Crippen LogP contribution in [0.4, 0.5) is 21.0 Å². The molecule has 29 nitrogen and oxygen atoms in total. The number of benzene rings is 5. The van der Waals surface area contributed by atoms with Gasteiger partial charge in [0.25, 0.3) is 0 Å². The van der Waals surface area contributed by atoms with Crippen LogP contribution in [0, 0.1) is 35.5 Å². The molecule has 3 heterocycles. The minimum absolute atomic E-state index is 0.0349. The van der Waals surface area contributed by atoms with Crippen LogP contribution in [0.25, 0.3) is 10.8 Å². The van der Waals surface area contributed by atoms with E-state index in [1.54, 1.807) is 48.5 Å². The zero-order chi connectivity index (χ0) is 87.0. The van der Waals surface area contributed by atoms with Gasteiger partial charge in [-0.1, -0.05) is 164 Å². The Morgan fingerprint density at radius 2 is 1.04 bits per heavy atom. The number of carbonyl (C=O) groups excluding carboxylic acids is 15. The highest BCUT2D eigenvalue weighted by Gasteiger charge is 2.41. The molecule has 8 rings (SSSR count). The van der Waals surface area contributed by atoms with E-state index in [9.17, 15) is 48.3 Å². The average Bonchev–Trinajstić information content (AvgIpc) is 1.70. The fourth-order valence-electron chi connectivity index (χ4n) is 14.6. The molecule has 2 aliphatic heterocycles. The maximum Gasteiger partial charge on any atom is 0.322 e. The van der Waals surface area contributed by atoms with E-state index in [4.69, 9.17) is 23.1 Å². The maximum absolute atomic E-state index is 15.6. The minimum Gasteiger partial charge on any atom is -0.396 e. The number of fused-ring (bicyclic) bond motifs is 1. The molecule has 6 aromatic rings. The van der Waals surface area contributed by atoms with E-state index in [1.807, 2.05) is 70.2 Å². The molecule has 0 bridgehead atoms. The Kier molecular flexibility index (Phi) is 37.4. The number of nitrogens with two attached hydrogens (primary N) is 2. The second-order valence-corrected chi connectivity index (χ2v) is 31.8. The van der Waals surface area contributed by atoms with Gasteiger partial charge in [-0.05, 0) is 151 Å². The Balaban J connectivity index is 0.00000969. The Morgan fingerprint density at radius 1 is 0.538 bits per heavy atom. The first-order valence-corrected chi connectivity index (χ1v) is 41.2. The number of rotatable bonds is 45. The third-order valence-electron chi connectivity index (χ3n) is 21.0. The first-order valence-electron chi connectivity index (χ1n) is 40.8. The van der Waals surface area contributed by atoms with Gasteiger partial charge in [0.1, 0.15) is 18.1 Å². The van der Waals surface area contributed by atoms with Crippen molar-refractivity contribution in [2.24, 2.45) is 47.0 Å². The molecule has 1 aromatic heterocycles. The largest absolute Gasteiger partial charge is 0.396 e. The standard InChI is InChI=1S/C87H108ClN13O16.C2H6/c1-50(2)14-8-7-9-18-61(85(115)101-35-13-19-73(101)84(114)92-52(5)79(89)109)43-74(104)68(36-51(3)4)96-80(110)63(38-55-23-32-67(33-24-55)95-86(90)116)45-76(106)70(40-56-25-30-66(31-26-56)94-83(113)72-47-78(108)100-87(117)99-72)98-82(112)64(49-102)46-77(107)71(42-58-15-12-34-91-48-58)97-81(111)62(37-54-21-28-65(88)29-22-54)44-75(105)69(93-53(6)103)41-57-20-27-59-16-10-11-17-60(59)39-57;1-2/h10-12,15-17,20-34,39,48,50-52,61-64,68-73,102H,7-9,13-14,18-19,35-38,40-47,49H2,1-6H3,(H2,89,109)(H,92,114)(H,93,103)(H,94,113)(H,96,110)(H,97,111)(H,98,112)(H3,90,95,116)(H2,99,100,108,117);1-2H3/t52-,61-,62+,63+,64+,68+,69-,70+,71-,72-,73+;/m1./s1. The number of aliphatic hydroxyl groups excluding tert-OH is 1. The summed E-state index contributed by atoms with van der Waals surface area (Å²) in [6.07, 6.45) is 4.09. The summed E-state index contributed by atoms with van der Waals surface area (Å²) in [4.78, 5) is 215. The number of aromatic nitrogens is 1. The van der Waals surface area contributed by atoms with Crippen molar-refractivity contribution in [1.82, 2.24) is 47.1 Å². The summed E-state index contributed by atoms with van der Waals surface area (Å²) in [5, 5.41) is 37.0. The van der Waals surface area contributed by atoms with Crippen molar-refractivity contribution >= 4 is 122 Å². The second-order valence-electron chi connectivity index (χ2n) is 31.4. The second kappa shape index (κ2) is 47.1. The van der Waals surface area contributed by atoms with Gasteiger partial charge in [-0.25, -0.2) is 9.59 Å². The first-order chi connectivity index (χ1) is 56.8. The lowest BCUT2D eigenvalue weighted by Crippen LogP contribution is -2.56. The predicted molar refractivity (Wildman–Crippen MR) is 451 cm³/mol. The molecule has 13 amide bonds. The van der Waals surface area contributed by atoms with Gasteiger partial charge < -0.3 is 64.0 Å². The summed E-state index contributed by atoms with van der Waals surface area (Å²) in [5.74, 6) is -13.5. The molecule has 2 fully saturated rings. The number of likely N-dealkylation sites (tertiary alicyclic amines) is 1. The number of urea groups is 2. The van der Waals surface area contributed by atoms with Gasteiger partial charge in [0, 0.05) is 92.1 Å². The monoisotopic (exact) mass is 1660 g/mol. The molecule has 2 aliphatic rings. The third kappa shape index (κ3) is 30.7. The summed E-state index contributed by atoms with van der Waals surface area (Å²) in [7, 11) is 0. The molecule has 14 N–H and O–H groups in total. The van der Waals surface area contributed by atoms with Crippen molar-refractivity contribution in [2.45, 2.75) is 213 Å². The van der Waals surface area contributed by atoms with Gasteiger partial charge in [0.05, 0.1) is 43.1 Å². The lowest BCUT2D eigenvalue weighted by molar-refractivity contribution is -0.144. The highest BCUT2D eigenvalue weighted by molar-refractivity contribution is 6.30. The quantitative estimate of drug-likeness (QED) is 0.0160. The summed E-state index contributed by atoms with van der Waals surface area (Å²) in [6.45, 7) is 13.8. The molecule has 119 heavy (non-hydrogen) atoms. The van der Waals surface area contributed by atoms with Crippen LogP contribution in [-0.4, -0.2) is 159 Å². The summed E-state index contributed by atoms with van der Waals surface area (Å²) in [6, 6.07) is 25.2. The molecule has 2 saturated heterocycles. The van der Waals surface area contributed by atoms with Crippen LogP contribution in [0.2, 0.25) is 5.02 Å². The van der Waals surface area contributed by atoms with Crippen LogP contribution in [0.3, 0.4) is 0 Å². The van der Waals surface area contributed by atoms with Crippen LogP contribution < -0.4 is 59.3 Å². The van der Waals surface area contributed by atoms with Crippen molar-refractivity contribution in [3.05, 3.63) is 173 Å². The Morgan fingerprint density at radius 3 is 1.59 bits per heavy atom. The number of anilines is 2. The summed E-state index contributed by atoms with van der Waals surface area (Å²) < 4.78 is 0. The Labute approximate surface area is 699 Å². The van der Waals surface area contributed by atoms with Crippen LogP contribution in [0.1, 0.15) is 167 Å². The highest BCUT2D eigenvalue weighted by Crippen LogP contribution is 2.29. The molecule has 0 aliphatic carbocycles. The normalized spacial score (nSPS) is 16.1. The fraction of sp³-hybridized carbons (Fsp3) is 0.461. The molecule has 30 heteroatoms. The minimum atomic E-state index is -1.62. The van der Waals surface area contributed by atoms with Crippen molar-refractivity contribution in [2.75, 3.05) is 23.8 Å². The van der Waals surface area contributed by atoms with Crippen molar-refractivity contribution in [3.63, 3.8) is 0 Å². The average molecular weight is 1660 g/mol. The van der Waals surface area contributed by atoms with Crippen molar-refractivity contribution in [3.8, 4) is 0 Å². The number of pyridine rings is 1. The number of nitrogens with one attached hydrogen (secondary N) is 9. The number of hydrogen-bond acceptors (Lipinski definition) is 17.